The Bertz CT molecular complexity index is 153. The Hall–Kier alpha value is -0.610. The number of rotatable bonds is 4. The van der Waals surface area contributed by atoms with E-state index in [0.29, 0.717) is 6.42 Å². The number of carbonyl (C=O) groups is 1. The van der Waals surface area contributed by atoms with Crippen LogP contribution in [-0.2, 0) is 14.4 Å². The van der Waals surface area contributed by atoms with Crippen LogP contribution >= 0.6 is 0 Å². The van der Waals surface area contributed by atoms with Gasteiger partial charge in [0, 0.05) is 13.3 Å². The van der Waals surface area contributed by atoms with Gasteiger partial charge in [-0.05, 0) is 20.8 Å². The summed E-state index contributed by atoms with van der Waals surface area (Å²) in [7, 11) is 0. The molecule has 1 N–H and O–H groups in total. The van der Waals surface area contributed by atoms with E-state index in [4.69, 9.17) is 9.99 Å². The summed E-state index contributed by atoms with van der Waals surface area (Å²) in [5.41, 5.74) is -0.672. The van der Waals surface area contributed by atoms with Crippen LogP contribution in [0.25, 0.3) is 0 Å². The SMILES string of the molecule is CC(=O)OC(C)CC(C)(C)OO. The van der Waals surface area contributed by atoms with Crippen molar-refractivity contribution < 1.29 is 19.7 Å². The molecule has 4 nitrogen and oxygen atoms in total. The maximum absolute atomic E-state index is 10.5. The molecule has 0 amide bonds. The van der Waals surface area contributed by atoms with Crippen LogP contribution in [0.4, 0.5) is 0 Å². The van der Waals surface area contributed by atoms with E-state index >= 15 is 0 Å². The molecule has 4 heteroatoms. The normalized spacial score (nSPS) is 14.1. The zero-order valence-corrected chi connectivity index (χ0v) is 7.96. The van der Waals surface area contributed by atoms with Crippen LogP contribution in [0.5, 0.6) is 0 Å². The fourth-order valence-corrected chi connectivity index (χ4v) is 1.05. The number of carbonyl (C=O) groups excluding carboxylic acids is 1. The quantitative estimate of drug-likeness (QED) is 0.401. The average molecular weight is 176 g/mol. The molecule has 1 atom stereocenters. The molecule has 0 fully saturated rings. The van der Waals surface area contributed by atoms with Gasteiger partial charge in [-0.25, -0.2) is 4.89 Å². The highest BCUT2D eigenvalue weighted by Crippen LogP contribution is 2.16. The molecule has 0 aromatic heterocycles. The topological polar surface area (TPSA) is 55.8 Å². The highest BCUT2D eigenvalue weighted by molar-refractivity contribution is 5.66. The summed E-state index contributed by atoms with van der Waals surface area (Å²) in [5.74, 6) is -0.323. The van der Waals surface area contributed by atoms with E-state index in [0.717, 1.165) is 0 Å². The van der Waals surface area contributed by atoms with E-state index < -0.39 is 5.60 Å². The van der Waals surface area contributed by atoms with Crippen molar-refractivity contribution in [2.45, 2.75) is 45.8 Å². The zero-order valence-electron chi connectivity index (χ0n) is 7.96. The van der Waals surface area contributed by atoms with Crippen molar-refractivity contribution in [2.75, 3.05) is 0 Å². The van der Waals surface area contributed by atoms with Crippen LogP contribution in [0, 0.1) is 0 Å². The predicted octanol–water partition coefficient (Wildman–Crippen LogP) is 1.60. The Morgan fingerprint density at radius 1 is 1.58 bits per heavy atom. The lowest BCUT2D eigenvalue weighted by atomic mass is 10.0. The Morgan fingerprint density at radius 2 is 2.08 bits per heavy atom. The van der Waals surface area contributed by atoms with Gasteiger partial charge in [-0.2, -0.15) is 0 Å². The first kappa shape index (κ1) is 11.4. The summed E-state index contributed by atoms with van der Waals surface area (Å²) in [6.45, 7) is 6.53. The van der Waals surface area contributed by atoms with E-state index in [1.165, 1.54) is 6.92 Å². The van der Waals surface area contributed by atoms with E-state index in [2.05, 4.69) is 4.89 Å². The van der Waals surface area contributed by atoms with Gasteiger partial charge < -0.3 is 4.74 Å². The first-order chi connectivity index (χ1) is 5.37. The number of hydrogen-bond acceptors (Lipinski definition) is 4. The van der Waals surface area contributed by atoms with Gasteiger partial charge in [0.2, 0.25) is 0 Å². The monoisotopic (exact) mass is 176 g/mol. The van der Waals surface area contributed by atoms with Gasteiger partial charge >= 0.3 is 5.97 Å². The van der Waals surface area contributed by atoms with Crippen molar-refractivity contribution in [1.82, 2.24) is 0 Å². The molecule has 0 heterocycles. The van der Waals surface area contributed by atoms with Crippen molar-refractivity contribution in [3.05, 3.63) is 0 Å². The van der Waals surface area contributed by atoms with Gasteiger partial charge in [0.25, 0.3) is 0 Å². The van der Waals surface area contributed by atoms with Crippen LogP contribution in [0.1, 0.15) is 34.1 Å². The molecule has 0 rings (SSSR count). The van der Waals surface area contributed by atoms with Crippen molar-refractivity contribution in [2.24, 2.45) is 0 Å². The highest BCUT2D eigenvalue weighted by Gasteiger charge is 2.23. The Morgan fingerprint density at radius 3 is 2.42 bits per heavy atom. The molecule has 0 aliphatic rings. The van der Waals surface area contributed by atoms with Crippen LogP contribution < -0.4 is 0 Å². The van der Waals surface area contributed by atoms with E-state index in [9.17, 15) is 4.79 Å². The van der Waals surface area contributed by atoms with Crippen molar-refractivity contribution in [1.29, 1.82) is 0 Å². The van der Waals surface area contributed by atoms with Crippen molar-refractivity contribution in [3.8, 4) is 0 Å². The van der Waals surface area contributed by atoms with Gasteiger partial charge in [-0.1, -0.05) is 0 Å². The molecular formula is C8H16O4. The molecule has 0 saturated carbocycles. The molecule has 12 heavy (non-hydrogen) atoms. The maximum atomic E-state index is 10.5. The lowest BCUT2D eigenvalue weighted by Gasteiger charge is -2.23. The summed E-state index contributed by atoms with van der Waals surface area (Å²) in [6.07, 6.45) is 0.216. The van der Waals surface area contributed by atoms with Gasteiger partial charge in [-0.3, -0.25) is 10.1 Å². The first-order valence-corrected chi connectivity index (χ1v) is 3.87. The Kier molecular flexibility index (Phi) is 4.20. The fourth-order valence-electron chi connectivity index (χ4n) is 1.05. The van der Waals surface area contributed by atoms with Crippen LogP contribution in [0.3, 0.4) is 0 Å². The largest absolute Gasteiger partial charge is 0.463 e. The minimum Gasteiger partial charge on any atom is -0.463 e. The molecular weight excluding hydrogens is 160 g/mol. The zero-order chi connectivity index (χ0) is 9.78. The number of ether oxygens (including phenoxy) is 1. The summed E-state index contributed by atoms with van der Waals surface area (Å²) >= 11 is 0. The maximum Gasteiger partial charge on any atom is 0.302 e. The van der Waals surface area contributed by atoms with Gasteiger partial charge in [0.15, 0.2) is 0 Å². The summed E-state index contributed by atoms with van der Waals surface area (Å²) in [5, 5.41) is 8.44. The second-order valence-corrected chi connectivity index (χ2v) is 3.48. The lowest BCUT2D eigenvalue weighted by Crippen LogP contribution is -2.29. The molecule has 0 radical (unpaired) electrons. The standard InChI is InChI=1S/C8H16O4/c1-6(11-7(2)9)5-8(3,4)12-10/h6,10H,5H2,1-4H3. The van der Waals surface area contributed by atoms with Gasteiger partial charge in [0.1, 0.15) is 11.7 Å². The second-order valence-electron chi connectivity index (χ2n) is 3.48. The molecule has 0 aromatic carbocycles. The van der Waals surface area contributed by atoms with Gasteiger partial charge in [-0.15, -0.1) is 0 Å². The fraction of sp³-hybridized carbons (Fsp3) is 0.875. The lowest BCUT2D eigenvalue weighted by molar-refractivity contribution is -0.317. The Balaban J connectivity index is 3.83. The van der Waals surface area contributed by atoms with Crippen molar-refractivity contribution in [3.63, 3.8) is 0 Å². The summed E-state index contributed by atoms with van der Waals surface area (Å²) in [4.78, 5) is 14.7. The molecule has 0 aromatic rings. The number of esters is 1. The smallest absolute Gasteiger partial charge is 0.302 e. The Labute approximate surface area is 72.4 Å². The third-order valence-corrected chi connectivity index (χ3v) is 1.39. The van der Waals surface area contributed by atoms with Crippen LogP contribution in [0.2, 0.25) is 0 Å². The third-order valence-electron chi connectivity index (χ3n) is 1.39. The highest BCUT2D eigenvalue weighted by atomic mass is 17.1. The molecule has 72 valence electrons. The van der Waals surface area contributed by atoms with E-state index in [1.807, 2.05) is 0 Å². The molecule has 0 spiro atoms. The summed E-state index contributed by atoms with van der Waals surface area (Å²) in [6, 6.07) is 0. The van der Waals surface area contributed by atoms with E-state index in [1.54, 1.807) is 20.8 Å². The number of hydrogen-bond donors (Lipinski definition) is 1. The minimum atomic E-state index is -0.672. The third kappa shape index (κ3) is 5.09. The van der Waals surface area contributed by atoms with Crippen LogP contribution in [-0.4, -0.2) is 22.9 Å². The predicted molar refractivity (Wildman–Crippen MR) is 43.6 cm³/mol. The molecule has 0 bridgehead atoms. The molecule has 0 saturated heterocycles. The van der Waals surface area contributed by atoms with Crippen molar-refractivity contribution >= 4 is 5.97 Å². The van der Waals surface area contributed by atoms with Crippen LogP contribution in [0.15, 0.2) is 0 Å². The first-order valence-electron chi connectivity index (χ1n) is 3.87. The second kappa shape index (κ2) is 4.42. The van der Waals surface area contributed by atoms with Gasteiger partial charge in [0.05, 0.1) is 0 Å². The molecule has 1 unspecified atom stereocenters. The molecule has 0 aliphatic carbocycles. The molecule has 0 aliphatic heterocycles. The average Bonchev–Trinajstić information content (AvgIpc) is 1.84. The van der Waals surface area contributed by atoms with E-state index in [-0.39, 0.29) is 12.1 Å². The minimum absolute atomic E-state index is 0.246. The summed E-state index contributed by atoms with van der Waals surface area (Å²) < 4.78 is 4.86.